The molecule has 80 valence electrons. The van der Waals surface area contributed by atoms with E-state index in [0.29, 0.717) is 6.54 Å². The lowest BCUT2D eigenvalue weighted by molar-refractivity contribution is 0.837. The predicted octanol–water partition coefficient (Wildman–Crippen LogP) is 1.76. The monoisotopic (exact) mass is 204 g/mol. The van der Waals surface area contributed by atoms with Crippen LogP contribution in [0.15, 0.2) is 22.6 Å². The van der Waals surface area contributed by atoms with Gasteiger partial charge >= 0.3 is 0 Å². The first-order valence-corrected chi connectivity index (χ1v) is 5.27. The highest BCUT2D eigenvalue weighted by molar-refractivity contribution is 5.25. The van der Waals surface area contributed by atoms with Crippen molar-refractivity contribution in [2.45, 2.75) is 33.2 Å². The first kappa shape index (κ1) is 10.0. The quantitative estimate of drug-likeness (QED) is 0.788. The Hall–Kier alpha value is -1.51. The molecule has 0 aromatic carbocycles. The van der Waals surface area contributed by atoms with Gasteiger partial charge in [0, 0.05) is 17.8 Å². The summed E-state index contributed by atoms with van der Waals surface area (Å²) in [5.74, 6) is 0. The maximum absolute atomic E-state index is 11.6. The van der Waals surface area contributed by atoms with Crippen molar-refractivity contribution in [2.75, 3.05) is 0 Å². The van der Waals surface area contributed by atoms with Gasteiger partial charge in [0.2, 0.25) is 0 Å². The number of H-pyrrole nitrogens is 1. The number of rotatable bonds is 3. The van der Waals surface area contributed by atoms with Gasteiger partial charge in [0.15, 0.2) is 0 Å². The lowest BCUT2D eigenvalue weighted by atomic mass is 10.1. The minimum atomic E-state index is 0.0224. The molecule has 0 amide bonds. The third kappa shape index (κ3) is 2.49. The van der Waals surface area contributed by atoms with E-state index in [0.717, 1.165) is 16.8 Å². The van der Waals surface area contributed by atoms with Crippen molar-refractivity contribution in [2.24, 2.45) is 0 Å². The van der Waals surface area contributed by atoms with Crippen LogP contribution in [-0.2, 0) is 6.54 Å². The number of hydrogen-bond donors (Lipinski definition) is 2. The van der Waals surface area contributed by atoms with E-state index in [9.17, 15) is 4.79 Å². The molecule has 3 heteroatoms. The van der Waals surface area contributed by atoms with Crippen LogP contribution in [0.25, 0.3) is 0 Å². The van der Waals surface area contributed by atoms with Crippen molar-refractivity contribution in [3.05, 3.63) is 45.0 Å². The van der Waals surface area contributed by atoms with Gasteiger partial charge in [-0.3, -0.25) is 4.79 Å². The van der Waals surface area contributed by atoms with Gasteiger partial charge in [-0.2, -0.15) is 0 Å². The molecule has 1 saturated carbocycles. The van der Waals surface area contributed by atoms with Crippen LogP contribution in [0, 0.1) is 13.8 Å². The van der Waals surface area contributed by atoms with Crippen molar-refractivity contribution in [1.82, 2.24) is 10.3 Å². The third-order valence-corrected chi connectivity index (χ3v) is 2.62. The van der Waals surface area contributed by atoms with Gasteiger partial charge in [0.05, 0.1) is 0 Å². The molecule has 0 bridgehead atoms. The molecule has 1 fully saturated rings. The zero-order valence-electron chi connectivity index (χ0n) is 9.18. The largest absolute Gasteiger partial charge is 0.387 e. The van der Waals surface area contributed by atoms with Gasteiger partial charge in [0.1, 0.15) is 0 Å². The Kier molecular flexibility index (Phi) is 2.62. The zero-order valence-corrected chi connectivity index (χ0v) is 9.18. The summed E-state index contributed by atoms with van der Waals surface area (Å²) < 4.78 is 0. The average Bonchev–Trinajstić information content (AvgIpc) is 2.93. The van der Waals surface area contributed by atoms with Gasteiger partial charge in [-0.15, -0.1) is 0 Å². The fraction of sp³-hybridized carbons (Fsp3) is 0.417. The van der Waals surface area contributed by atoms with Crippen molar-refractivity contribution < 1.29 is 0 Å². The summed E-state index contributed by atoms with van der Waals surface area (Å²) >= 11 is 0. The van der Waals surface area contributed by atoms with E-state index in [1.54, 1.807) is 0 Å². The second kappa shape index (κ2) is 3.93. The van der Waals surface area contributed by atoms with Crippen LogP contribution in [0.4, 0.5) is 0 Å². The van der Waals surface area contributed by atoms with E-state index in [1.165, 1.54) is 18.4 Å². The molecule has 15 heavy (non-hydrogen) atoms. The number of allylic oxidation sites excluding steroid dienone is 1. The van der Waals surface area contributed by atoms with Crippen molar-refractivity contribution in [1.29, 1.82) is 0 Å². The molecule has 0 radical (unpaired) electrons. The summed E-state index contributed by atoms with van der Waals surface area (Å²) in [4.78, 5) is 14.5. The molecule has 0 spiro atoms. The number of aromatic amines is 1. The molecule has 0 aliphatic heterocycles. The van der Waals surface area contributed by atoms with E-state index in [4.69, 9.17) is 0 Å². The normalized spacial score (nSPS) is 13.9. The van der Waals surface area contributed by atoms with Crippen molar-refractivity contribution in [3.8, 4) is 0 Å². The molecule has 0 saturated heterocycles. The van der Waals surface area contributed by atoms with Crippen LogP contribution >= 0.6 is 0 Å². The molecular weight excluding hydrogens is 188 g/mol. The fourth-order valence-corrected chi connectivity index (χ4v) is 1.62. The Morgan fingerprint density at radius 2 is 2.20 bits per heavy atom. The third-order valence-electron chi connectivity index (χ3n) is 2.62. The Labute approximate surface area is 89.2 Å². The minimum absolute atomic E-state index is 0.0224. The number of nitrogens with one attached hydrogen (secondary N) is 2. The summed E-state index contributed by atoms with van der Waals surface area (Å²) in [5.41, 5.74) is 4.27. The molecule has 3 nitrogen and oxygen atoms in total. The van der Waals surface area contributed by atoms with Gasteiger partial charge in [-0.25, -0.2) is 0 Å². The molecular formula is C12H16N2O. The molecule has 0 atom stereocenters. The highest BCUT2D eigenvalue weighted by Gasteiger charge is 2.10. The highest BCUT2D eigenvalue weighted by Crippen LogP contribution is 2.26. The molecule has 1 aromatic heterocycles. The van der Waals surface area contributed by atoms with E-state index in [2.05, 4.69) is 10.3 Å². The Morgan fingerprint density at radius 3 is 2.80 bits per heavy atom. The first-order chi connectivity index (χ1) is 7.16. The average molecular weight is 204 g/mol. The number of pyridine rings is 1. The second-order valence-electron chi connectivity index (χ2n) is 4.13. The standard InChI is InChI=1S/C12H16N2O/c1-8-5-9(2)14-12(15)11(8)7-13-6-10-3-4-10/h5-6,13H,3-4,7H2,1-2H3,(H,14,15). The molecule has 1 aliphatic rings. The summed E-state index contributed by atoms with van der Waals surface area (Å²) in [6.45, 7) is 4.49. The van der Waals surface area contributed by atoms with Crippen LogP contribution in [0.5, 0.6) is 0 Å². The minimum Gasteiger partial charge on any atom is -0.387 e. The SMILES string of the molecule is Cc1cc(C)c(CNC=C2CC2)c(=O)[nH]1. The van der Waals surface area contributed by atoms with E-state index in [-0.39, 0.29) is 5.56 Å². The molecule has 2 N–H and O–H groups in total. The van der Waals surface area contributed by atoms with Gasteiger partial charge in [-0.1, -0.05) is 5.57 Å². The molecule has 1 aromatic rings. The zero-order chi connectivity index (χ0) is 10.8. The summed E-state index contributed by atoms with van der Waals surface area (Å²) in [6, 6.07) is 2.00. The van der Waals surface area contributed by atoms with Gasteiger partial charge < -0.3 is 10.3 Å². The highest BCUT2D eigenvalue weighted by atomic mass is 16.1. The lowest BCUT2D eigenvalue weighted by Gasteiger charge is -2.05. The predicted molar refractivity (Wildman–Crippen MR) is 60.7 cm³/mol. The number of aromatic nitrogens is 1. The molecule has 1 heterocycles. The number of aryl methyl sites for hydroxylation is 2. The fourth-order valence-electron chi connectivity index (χ4n) is 1.62. The van der Waals surface area contributed by atoms with Crippen LogP contribution in [0.2, 0.25) is 0 Å². The lowest BCUT2D eigenvalue weighted by Crippen LogP contribution is -2.20. The maximum Gasteiger partial charge on any atom is 0.253 e. The van der Waals surface area contributed by atoms with Crippen LogP contribution < -0.4 is 10.9 Å². The number of hydrogen-bond acceptors (Lipinski definition) is 2. The Morgan fingerprint density at radius 1 is 1.47 bits per heavy atom. The first-order valence-electron chi connectivity index (χ1n) is 5.27. The van der Waals surface area contributed by atoms with Crippen LogP contribution in [-0.4, -0.2) is 4.98 Å². The Bertz CT molecular complexity index is 451. The van der Waals surface area contributed by atoms with Crippen molar-refractivity contribution >= 4 is 0 Å². The van der Waals surface area contributed by atoms with E-state index < -0.39 is 0 Å². The summed E-state index contributed by atoms with van der Waals surface area (Å²) in [5, 5.41) is 3.18. The van der Waals surface area contributed by atoms with Crippen molar-refractivity contribution in [3.63, 3.8) is 0 Å². The summed E-state index contributed by atoms with van der Waals surface area (Å²) in [7, 11) is 0. The van der Waals surface area contributed by atoms with Crippen LogP contribution in [0.3, 0.4) is 0 Å². The molecule has 0 unspecified atom stereocenters. The van der Waals surface area contributed by atoms with Gasteiger partial charge in [0.25, 0.3) is 5.56 Å². The topological polar surface area (TPSA) is 44.9 Å². The summed E-state index contributed by atoms with van der Waals surface area (Å²) in [6.07, 6.45) is 4.44. The van der Waals surface area contributed by atoms with E-state index in [1.807, 2.05) is 26.1 Å². The second-order valence-corrected chi connectivity index (χ2v) is 4.13. The molecule has 2 rings (SSSR count). The smallest absolute Gasteiger partial charge is 0.253 e. The Balaban J connectivity index is 2.12. The van der Waals surface area contributed by atoms with Gasteiger partial charge in [-0.05, 0) is 44.5 Å². The maximum atomic E-state index is 11.6. The van der Waals surface area contributed by atoms with E-state index >= 15 is 0 Å². The molecule has 1 aliphatic carbocycles. The van der Waals surface area contributed by atoms with Crippen LogP contribution in [0.1, 0.15) is 29.7 Å².